The predicted molar refractivity (Wildman–Crippen MR) is 80.1 cm³/mol. The fraction of sp³-hybridized carbons (Fsp3) is 0.400. The SMILES string of the molecule is O=C1C(=O)N(CC(=O)C2CCCC2)c2c(Cl)ccc(Cl)c21. The van der Waals surface area contributed by atoms with E-state index in [9.17, 15) is 14.4 Å². The van der Waals surface area contributed by atoms with Crippen molar-refractivity contribution in [1.82, 2.24) is 0 Å². The van der Waals surface area contributed by atoms with Gasteiger partial charge in [-0.3, -0.25) is 19.3 Å². The number of carbonyl (C=O) groups is 3. The summed E-state index contributed by atoms with van der Waals surface area (Å²) in [5.41, 5.74) is 0.374. The summed E-state index contributed by atoms with van der Waals surface area (Å²) < 4.78 is 0. The average molecular weight is 326 g/mol. The fourth-order valence-corrected chi connectivity index (χ4v) is 3.53. The Hall–Kier alpha value is -1.39. The van der Waals surface area contributed by atoms with E-state index in [-0.39, 0.29) is 39.5 Å². The van der Waals surface area contributed by atoms with Gasteiger partial charge in [0.2, 0.25) is 0 Å². The van der Waals surface area contributed by atoms with Gasteiger partial charge < -0.3 is 0 Å². The van der Waals surface area contributed by atoms with Crippen molar-refractivity contribution >= 4 is 46.4 Å². The van der Waals surface area contributed by atoms with Gasteiger partial charge in [-0.15, -0.1) is 0 Å². The lowest BCUT2D eigenvalue weighted by Gasteiger charge is -2.19. The van der Waals surface area contributed by atoms with Crippen LogP contribution in [0.5, 0.6) is 0 Å². The van der Waals surface area contributed by atoms with Crippen LogP contribution in [0.1, 0.15) is 36.0 Å². The number of benzene rings is 1. The number of anilines is 1. The van der Waals surface area contributed by atoms with Crippen LogP contribution in [0.25, 0.3) is 0 Å². The molecule has 0 atom stereocenters. The number of hydrogen-bond acceptors (Lipinski definition) is 3. The molecule has 21 heavy (non-hydrogen) atoms. The lowest BCUT2D eigenvalue weighted by atomic mass is 10.0. The standard InChI is InChI=1S/C15H13Cl2NO3/c16-9-5-6-10(17)13-12(9)14(20)15(21)18(13)7-11(19)8-3-1-2-4-8/h5-6,8H,1-4,7H2. The van der Waals surface area contributed by atoms with Crippen LogP contribution in [0.4, 0.5) is 5.69 Å². The van der Waals surface area contributed by atoms with Crippen molar-refractivity contribution in [2.45, 2.75) is 25.7 Å². The molecular weight excluding hydrogens is 313 g/mol. The van der Waals surface area contributed by atoms with Gasteiger partial charge in [0.15, 0.2) is 5.78 Å². The molecule has 1 saturated carbocycles. The number of carbonyl (C=O) groups excluding carboxylic acids is 3. The highest BCUT2D eigenvalue weighted by molar-refractivity contribution is 6.57. The molecule has 0 radical (unpaired) electrons. The smallest absolute Gasteiger partial charge is 0.297 e. The molecule has 0 N–H and O–H groups in total. The van der Waals surface area contributed by atoms with Crippen molar-refractivity contribution < 1.29 is 14.4 Å². The molecule has 0 aromatic heterocycles. The zero-order chi connectivity index (χ0) is 15.1. The minimum absolute atomic E-state index is 0.0162. The maximum Gasteiger partial charge on any atom is 0.299 e. The summed E-state index contributed by atoms with van der Waals surface area (Å²) in [5.74, 6) is -1.46. The highest BCUT2D eigenvalue weighted by Crippen LogP contribution is 2.40. The number of nitrogens with zero attached hydrogens (tertiary/aromatic N) is 1. The molecule has 0 spiro atoms. The van der Waals surface area contributed by atoms with Crippen molar-refractivity contribution in [3.05, 3.63) is 27.7 Å². The molecule has 1 aromatic carbocycles. The molecule has 1 fully saturated rings. The maximum atomic E-state index is 12.3. The zero-order valence-electron chi connectivity index (χ0n) is 11.2. The Morgan fingerprint density at radius 2 is 1.76 bits per heavy atom. The van der Waals surface area contributed by atoms with E-state index < -0.39 is 11.7 Å². The summed E-state index contributed by atoms with van der Waals surface area (Å²) in [6.45, 7) is -0.109. The predicted octanol–water partition coefficient (Wildman–Crippen LogP) is 3.28. The van der Waals surface area contributed by atoms with Crippen LogP contribution in [-0.4, -0.2) is 24.0 Å². The second-order valence-corrected chi connectivity index (χ2v) is 6.24. The molecule has 0 bridgehead atoms. The van der Waals surface area contributed by atoms with Gasteiger partial charge in [0.05, 0.1) is 27.8 Å². The van der Waals surface area contributed by atoms with Gasteiger partial charge in [0.1, 0.15) is 0 Å². The number of amides is 1. The molecule has 3 rings (SSSR count). The molecule has 1 aromatic rings. The van der Waals surface area contributed by atoms with Gasteiger partial charge in [0.25, 0.3) is 11.7 Å². The van der Waals surface area contributed by atoms with Crippen LogP contribution in [0, 0.1) is 5.92 Å². The van der Waals surface area contributed by atoms with E-state index in [0.717, 1.165) is 25.7 Å². The lowest BCUT2D eigenvalue weighted by molar-refractivity contribution is -0.123. The minimum Gasteiger partial charge on any atom is -0.297 e. The van der Waals surface area contributed by atoms with E-state index in [1.807, 2.05) is 0 Å². The third-order valence-corrected chi connectivity index (χ3v) is 4.76. The van der Waals surface area contributed by atoms with Gasteiger partial charge >= 0.3 is 0 Å². The number of ketones is 2. The summed E-state index contributed by atoms with van der Waals surface area (Å²) in [5, 5.41) is 0.441. The number of rotatable bonds is 3. The van der Waals surface area contributed by atoms with Gasteiger partial charge in [0, 0.05) is 5.92 Å². The van der Waals surface area contributed by atoms with Crippen LogP contribution in [0.15, 0.2) is 12.1 Å². The van der Waals surface area contributed by atoms with Crippen molar-refractivity contribution in [2.24, 2.45) is 5.92 Å². The lowest BCUT2D eigenvalue weighted by Crippen LogP contribution is -2.36. The normalized spacial score (nSPS) is 18.5. The van der Waals surface area contributed by atoms with Crippen molar-refractivity contribution in [1.29, 1.82) is 0 Å². The molecular formula is C15H13Cl2NO3. The molecule has 1 aliphatic carbocycles. The molecule has 1 aliphatic heterocycles. The third kappa shape index (κ3) is 2.36. The zero-order valence-corrected chi connectivity index (χ0v) is 12.7. The Balaban J connectivity index is 1.94. The van der Waals surface area contributed by atoms with Crippen molar-refractivity contribution in [2.75, 3.05) is 11.4 Å². The van der Waals surface area contributed by atoms with Crippen LogP contribution >= 0.6 is 23.2 Å². The topological polar surface area (TPSA) is 54.5 Å². The number of Topliss-reactive ketones (excluding diaryl/α,β-unsaturated/α-hetero) is 2. The summed E-state index contributed by atoms with van der Waals surface area (Å²) in [4.78, 5) is 37.6. The summed E-state index contributed by atoms with van der Waals surface area (Å²) in [6.07, 6.45) is 3.77. The fourth-order valence-electron chi connectivity index (χ4n) is 3.04. The van der Waals surface area contributed by atoms with E-state index in [1.54, 1.807) is 0 Å². The molecule has 1 heterocycles. The first kappa shape index (κ1) is 14.5. The van der Waals surface area contributed by atoms with Crippen molar-refractivity contribution in [3.63, 3.8) is 0 Å². The van der Waals surface area contributed by atoms with Crippen LogP contribution < -0.4 is 4.90 Å². The number of halogens is 2. The number of hydrogen-bond donors (Lipinski definition) is 0. The monoisotopic (exact) mass is 325 g/mol. The van der Waals surface area contributed by atoms with Crippen LogP contribution in [0.3, 0.4) is 0 Å². The Morgan fingerprint density at radius 3 is 2.43 bits per heavy atom. The first-order valence-corrected chi connectivity index (χ1v) is 7.63. The number of fused-ring (bicyclic) bond motifs is 1. The van der Waals surface area contributed by atoms with Crippen LogP contribution in [0.2, 0.25) is 10.0 Å². The van der Waals surface area contributed by atoms with Gasteiger partial charge in [-0.05, 0) is 25.0 Å². The van der Waals surface area contributed by atoms with Crippen LogP contribution in [-0.2, 0) is 9.59 Å². The van der Waals surface area contributed by atoms with Gasteiger partial charge in [-0.1, -0.05) is 36.0 Å². The molecule has 0 unspecified atom stereocenters. The first-order valence-electron chi connectivity index (χ1n) is 6.87. The molecule has 0 saturated heterocycles. The second kappa shape index (κ2) is 5.43. The van der Waals surface area contributed by atoms with E-state index in [1.165, 1.54) is 17.0 Å². The van der Waals surface area contributed by atoms with Gasteiger partial charge in [-0.25, -0.2) is 0 Å². The third-order valence-electron chi connectivity index (χ3n) is 4.14. The van der Waals surface area contributed by atoms with E-state index >= 15 is 0 Å². The quantitative estimate of drug-likeness (QED) is 0.801. The molecule has 110 valence electrons. The van der Waals surface area contributed by atoms with E-state index in [0.29, 0.717) is 0 Å². The summed E-state index contributed by atoms with van der Waals surface area (Å²) >= 11 is 12.1. The Morgan fingerprint density at radius 1 is 1.14 bits per heavy atom. The van der Waals surface area contributed by atoms with E-state index in [4.69, 9.17) is 23.2 Å². The molecule has 6 heteroatoms. The summed E-state index contributed by atoms with van der Waals surface area (Å²) in [7, 11) is 0. The Kier molecular flexibility index (Phi) is 3.76. The molecule has 4 nitrogen and oxygen atoms in total. The Labute approximate surface area is 132 Å². The summed E-state index contributed by atoms with van der Waals surface area (Å²) in [6, 6.07) is 3.01. The minimum atomic E-state index is -0.730. The largest absolute Gasteiger partial charge is 0.299 e. The molecule has 2 aliphatic rings. The Bertz CT molecular complexity index is 651. The highest BCUT2D eigenvalue weighted by atomic mass is 35.5. The highest BCUT2D eigenvalue weighted by Gasteiger charge is 2.41. The second-order valence-electron chi connectivity index (χ2n) is 5.42. The van der Waals surface area contributed by atoms with Crippen molar-refractivity contribution in [3.8, 4) is 0 Å². The average Bonchev–Trinajstić information content (AvgIpc) is 3.06. The molecule has 1 amide bonds. The first-order chi connectivity index (χ1) is 10.0. The van der Waals surface area contributed by atoms with Gasteiger partial charge in [-0.2, -0.15) is 0 Å². The maximum absolute atomic E-state index is 12.3. The van der Waals surface area contributed by atoms with E-state index in [2.05, 4.69) is 0 Å².